The van der Waals surface area contributed by atoms with Gasteiger partial charge in [-0.3, -0.25) is 9.69 Å². The van der Waals surface area contributed by atoms with Crippen LogP contribution >= 0.6 is 11.8 Å². The highest BCUT2D eigenvalue weighted by atomic mass is 32.2. The number of aromatic nitrogens is 1. The number of rotatable bonds is 3. The Morgan fingerprint density at radius 3 is 3.12 bits per heavy atom. The molecule has 0 unspecified atom stereocenters. The molecule has 0 bridgehead atoms. The van der Waals surface area contributed by atoms with Crippen molar-refractivity contribution in [3.63, 3.8) is 0 Å². The second kappa shape index (κ2) is 6.44. The van der Waals surface area contributed by atoms with Crippen LogP contribution < -0.4 is 10.2 Å². The molecule has 8 heteroatoms. The van der Waals surface area contributed by atoms with Gasteiger partial charge < -0.3 is 14.6 Å². The SMILES string of the molecule is CC(=O)NC[C@H]1CN(c2ccc3c(c2)CSCc2oncc2-3)C(=O)O1. The van der Waals surface area contributed by atoms with Gasteiger partial charge in [-0.05, 0) is 23.3 Å². The lowest BCUT2D eigenvalue weighted by Gasteiger charge is -2.16. The topological polar surface area (TPSA) is 84.7 Å². The van der Waals surface area contributed by atoms with Crippen LogP contribution in [0.3, 0.4) is 0 Å². The minimum Gasteiger partial charge on any atom is -0.442 e. The molecule has 4 rings (SSSR count). The molecule has 25 heavy (non-hydrogen) atoms. The molecule has 2 aliphatic heterocycles. The largest absolute Gasteiger partial charge is 0.442 e. The van der Waals surface area contributed by atoms with Crippen molar-refractivity contribution in [1.29, 1.82) is 0 Å². The van der Waals surface area contributed by atoms with E-state index in [1.165, 1.54) is 6.92 Å². The quantitative estimate of drug-likeness (QED) is 0.907. The number of fused-ring (bicyclic) bond motifs is 3. The molecule has 130 valence electrons. The lowest BCUT2D eigenvalue weighted by molar-refractivity contribution is -0.119. The van der Waals surface area contributed by atoms with Gasteiger partial charge in [0.25, 0.3) is 0 Å². The first kappa shape index (κ1) is 16.0. The van der Waals surface area contributed by atoms with Gasteiger partial charge in [0.1, 0.15) is 6.10 Å². The first-order valence-electron chi connectivity index (χ1n) is 7.99. The van der Waals surface area contributed by atoms with Crippen molar-refractivity contribution >= 4 is 29.4 Å². The molecule has 0 saturated carbocycles. The first-order chi connectivity index (χ1) is 12.1. The van der Waals surface area contributed by atoms with E-state index < -0.39 is 0 Å². The molecule has 3 heterocycles. The van der Waals surface area contributed by atoms with Crippen LogP contribution in [0.25, 0.3) is 11.1 Å². The molecule has 0 radical (unpaired) electrons. The number of hydrogen-bond donors (Lipinski definition) is 1. The summed E-state index contributed by atoms with van der Waals surface area (Å²) in [4.78, 5) is 24.8. The number of ether oxygens (including phenoxy) is 1. The molecule has 1 saturated heterocycles. The van der Waals surface area contributed by atoms with Crippen LogP contribution in [-0.2, 0) is 21.0 Å². The van der Waals surface area contributed by atoms with Crippen LogP contribution in [0.15, 0.2) is 28.9 Å². The smallest absolute Gasteiger partial charge is 0.414 e. The highest BCUT2D eigenvalue weighted by Crippen LogP contribution is 2.38. The first-order valence-corrected chi connectivity index (χ1v) is 9.14. The van der Waals surface area contributed by atoms with Crippen molar-refractivity contribution < 1.29 is 18.8 Å². The van der Waals surface area contributed by atoms with E-state index in [1.807, 2.05) is 18.2 Å². The summed E-state index contributed by atoms with van der Waals surface area (Å²) in [6.45, 7) is 2.18. The molecule has 2 aliphatic rings. The van der Waals surface area contributed by atoms with Crippen LogP contribution in [0.4, 0.5) is 10.5 Å². The Kier molecular flexibility index (Phi) is 4.12. The second-order valence-electron chi connectivity index (χ2n) is 6.05. The maximum absolute atomic E-state index is 12.2. The lowest BCUT2D eigenvalue weighted by Crippen LogP contribution is -2.33. The zero-order chi connectivity index (χ0) is 17.4. The van der Waals surface area contributed by atoms with Crippen molar-refractivity contribution in [2.75, 3.05) is 18.0 Å². The van der Waals surface area contributed by atoms with E-state index in [4.69, 9.17) is 9.26 Å². The predicted molar refractivity (Wildman–Crippen MR) is 93.2 cm³/mol. The molecular formula is C17H17N3O4S. The van der Waals surface area contributed by atoms with Gasteiger partial charge in [-0.15, -0.1) is 11.8 Å². The summed E-state index contributed by atoms with van der Waals surface area (Å²) in [6, 6.07) is 5.93. The lowest BCUT2D eigenvalue weighted by atomic mass is 10.0. The Hall–Kier alpha value is -2.48. The maximum atomic E-state index is 12.2. The van der Waals surface area contributed by atoms with Crippen molar-refractivity contribution in [2.45, 2.75) is 24.5 Å². The Balaban J connectivity index is 1.58. The summed E-state index contributed by atoms with van der Waals surface area (Å²) in [7, 11) is 0. The number of nitrogens with zero attached hydrogens (tertiary/aromatic N) is 2. The molecule has 1 aromatic heterocycles. The number of hydrogen-bond acceptors (Lipinski definition) is 6. The minimum atomic E-state index is -0.387. The summed E-state index contributed by atoms with van der Waals surface area (Å²) < 4.78 is 10.6. The van der Waals surface area contributed by atoms with Crippen molar-refractivity contribution in [3.05, 3.63) is 35.7 Å². The number of carbonyl (C=O) groups is 2. The van der Waals surface area contributed by atoms with E-state index in [0.29, 0.717) is 13.1 Å². The second-order valence-corrected chi connectivity index (χ2v) is 7.04. The molecule has 1 atom stereocenters. The zero-order valence-corrected chi connectivity index (χ0v) is 14.5. The number of carbonyl (C=O) groups excluding carboxylic acids is 2. The van der Waals surface area contributed by atoms with Crippen molar-refractivity contribution in [2.24, 2.45) is 0 Å². The zero-order valence-electron chi connectivity index (χ0n) is 13.7. The van der Waals surface area contributed by atoms with E-state index in [0.717, 1.165) is 39.6 Å². The van der Waals surface area contributed by atoms with Crippen LogP contribution in [-0.4, -0.2) is 36.4 Å². The molecular weight excluding hydrogens is 342 g/mol. The standard InChI is InChI=1S/C17H17N3O4S/c1-10(21)18-5-13-7-20(17(22)23-13)12-2-3-14-11(4-12)8-25-9-16-15(14)6-19-24-16/h2-4,6,13H,5,7-9H2,1H3,(H,18,21)/t13-/m0/s1. The van der Waals surface area contributed by atoms with E-state index in [-0.39, 0.29) is 18.1 Å². The Morgan fingerprint density at radius 1 is 1.40 bits per heavy atom. The molecule has 2 amide bonds. The third-order valence-electron chi connectivity index (χ3n) is 4.28. The normalized spacial score (nSPS) is 19.0. The van der Waals surface area contributed by atoms with Crippen LogP contribution in [0, 0.1) is 0 Å². The highest BCUT2D eigenvalue weighted by Gasteiger charge is 2.33. The van der Waals surface area contributed by atoms with Gasteiger partial charge in [-0.25, -0.2) is 4.79 Å². The third-order valence-corrected chi connectivity index (χ3v) is 5.26. The summed E-state index contributed by atoms with van der Waals surface area (Å²) in [5.41, 5.74) is 4.04. The fourth-order valence-corrected chi connectivity index (χ4v) is 4.02. The van der Waals surface area contributed by atoms with E-state index in [2.05, 4.69) is 10.5 Å². The third kappa shape index (κ3) is 3.09. The van der Waals surface area contributed by atoms with Gasteiger partial charge in [-0.2, -0.15) is 0 Å². The van der Waals surface area contributed by atoms with Gasteiger partial charge in [0.2, 0.25) is 5.91 Å². The van der Waals surface area contributed by atoms with Gasteiger partial charge >= 0.3 is 6.09 Å². The van der Waals surface area contributed by atoms with Gasteiger partial charge in [0.05, 0.1) is 25.0 Å². The fourth-order valence-electron chi connectivity index (χ4n) is 3.07. The van der Waals surface area contributed by atoms with Gasteiger partial charge in [0, 0.05) is 23.9 Å². The number of nitrogens with one attached hydrogen (secondary N) is 1. The van der Waals surface area contributed by atoms with E-state index in [1.54, 1.807) is 22.9 Å². The summed E-state index contributed by atoms with van der Waals surface area (Å²) in [5.74, 6) is 2.36. The Morgan fingerprint density at radius 2 is 2.28 bits per heavy atom. The van der Waals surface area contributed by atoms with Crippen LogP contribution in [0.2, 0.25) is 0 Å². The Labute approximate surface area is 148 Å². The Bertz CT molecular complexity index is 835. The summed E-state index contributed by atoms with van der Waals surface area (Å²) in [6.07, 6.45) is 1.02. The van der Waals surface area contributed by atoms with Gasteiger partial charge in [-0.1, -0.05) is 11.2 Å². The molecule has 0 aliphatic carbocycles. The molecule has 1 fully saturated rings. The summed E-state index contributed by atoms with van der Waals surface area (Å²) in [5, 5.41) is 6.58. The molecule has 2 aromatic rings. The highest BCUT2D eigenvalue weighted by molar-refractivity contribution is 7.97. The fraction of sp³-hybridized carbons (Fsp3) is 0.353. The monoisotopic (exact) mass is 359 g/mol. The van der Waals surface area contributed by atoms with Gasteiger partial charge in [0.15, 0.2) is 5.76 Å². The number of benzene rings is 1. The predicted octanol–water partition coefficient (Wildman–Crippen LogP) is 2.55. The molecule has 1 aromatic carbocycles. The number of amides is 2. The average molecular weight is 359 g/mol. The van der Waals surface area contributed by atoms with Crippen LogP contribution in [0.5, 0.6) is 0 Å². The summed E-state index contributed by atoms with van der Waals surface area (Å²) >= 11 is 1.75. The molecule has 7 nitrogen and oxygen atoms in total. The number of anilines is 1. The molecule has 0 spiro atoms. The number of cyclic esters (lactones) is 1. The van der Waals surface area contributed by atoms with Crippen molar-refractivity contribution in [1.82, 2.24) is 10.5 Å². The van der Waals surface area contributed by atoms with Crippen LogP contribution in [0.1, 0.15) is 18.2 Å². The van der Waals surface area contributed by atoms with E-state index >= 15 is 0 Å². The minimum absolute atomic E-state index is 0.138. The average Bonchev–Trinajstić information content (AvgIpc) is 3.15. The number of thioether (sulfide) groups is 1. The maximum Gasteiger partial charge on any atom is 0.414 e. The van der Waals surface area contributed by atoms with E-state index in [9.17, 15) is 9.59 Å². The molecule has 1 N–H and O–H groups in total. The van der Waals surface area contributed by atoms with Crippen molar-refractivity contribution in [3.8, 4) is 11.1 Å².